The minimum absolute atomic E-state index is 0.636. The number of aryl methyl sites for hydroxylation is 2. The number of nitrogens with zero attached hydrogens (tertiary/aromatic N) is 1. The van der Waals surface area contributed by atoms with E-state index in [4.69, 9.17) is 0 Å². The van der Waals surface area contributed by atoms with Crippen LogP contribution in [0.25, 0.3) is 0 Å². The van der Waals surface area contributed by atoms with Gasteiger partial charge in [0.05, 0.1) is 0 Å². The Bertz CT molecular complexity index is 266. The van der Waals surface area contributed by atoms with Gasteiger partial charge in [0.1, 0.15) is 0 Å². The van der Waals surface area contributed by atoms with E-state index in [0.29, 0.717) is 5.92 Å². The van der Waals surface area contributed by atoms with Crippen molar-refractivity contribution in [1.82, 2.24) is 4.98 Å². The molecule has 1 rings (SSSR count). The molecule has 0 aliphatic heterocycles. The largest absolute Gasteiger partial charge is 0.261 e. The molecule has 0 unspecified atom stereocenters. The molecule has 0 fully saturated rings. The maximum absolute atomic E-state index is 4.35. The molecule has 0 aliphatic rings. The van der Waals surface area contributed by atoms with Crippen LogP contribution in [0.3, 0.4) is 0 Å². The van der Waals surface area contributed by atoms with E-state index in [1.54, 1.807) is 0 Å². The van der Waals surface area contributed by atoms with Gasteiger partial charge in [0, 0.05) is 11.9 Å². The van der Waals surface area contributed by atoms with Gasteiger partial charge in [0.2, 0.25) is 0 Å². The smallest absolute Gasteiger partial charge is 0.0401 e. The summed E-state index contributed by atoms with van der Waals surface area (Å²) < 4.78 is 0. The van der Waals surface area contributed by atoms with Crippen molar-refractivity contribution in [2.45, 2.75) is 40.0 Å². The average molecular weight is 163 g/mol. The molecule has 12 heavy (non-hydrogen) atoms. The SMILES string of the molecule is CC[C@H](C)c1cnc(C)c(C)c1. The molecule has 0 radical (unpaired) electrons. The van der Waals surface area contributed by atoms with Gasteiger partial charge in [-0.15, -0.1) is 0 Å². The second-order valence-corrected chi connectivity index (χ2v) is 3.48. The van der Waals surface area contributed by atoms with Crippen LogP contribution >= 0.6 is 0 Å². The highest BCUT2D eigenvalue weighted by Crippen LogP contribution is 2.19. The monoisotopic (exact) mass is 163 g/mol. The Morgan fingerprint density at radius 3 is 2.58 bits per heavy atom. The number of hydrogen-bond donors (Lipinski definition) is 0. The normalized spacial score (nSPS) is 13.0. The van der Waals surface area contributed by atoms with Gasteiger partial charge in [-0.05, 0) is 37.3 Å². The van der Waals surface area contributed by atoms with Crippen LogP contribution in [0.1, 0.15) is 43.0 Å². The second-order valence-electron chi connectivity index (χ2n) is 3.48. The molecule has 0 N–H and O–H groups in total. The van der Waals surface area contributed by atoms with Crippen LogP contribution in [0.2, 0.25) is 0 Å². The number of pyridine rings is 1. The van der Waals surface area contributed by atoms with Crippen molar-refractivity contribution in [1.29, 1.82) is 0 Å². The molecule has 1 aromatic heterocycles. The van der Waals surface area contributed by atoms with Gasteiger partial charge in [-0.2, -0.15) is 0 Å². The Morgan fingerprint density at radius 1 is 1.42 bits per heavy atom. The van der Waals surface area contributed by atoms with Gasteiger partial charge in [0.25, 0.3) is 0 Å². The van der Waals surface area contributed by atoms with Crippen LogP contribution in [-0.2, 0) is 0 Å². The number of hydrogen-bond acceptors (Lipinski definition) is 1. The van der Waals surface area contributed by atoms with Crippen LogP contribution in [0, 0.1) is 13.8 Å². The van der Waals surface area contributed by atoms with Crippen molar-refractivity contribution < 1.29 is 0 Å². The standard InChI is InChI=1S/C11H17N/c1-5-8(2)11-6-9(3)10(4)12-7-11/h6-8H,5H2,1-4H3/t8-/m0/s1. The van der Waals surface area contributed by atoms with Crippen molar-refractivity contribution >= 4 is 0 Å². The van der Waals surface area contributed by atoms with Crippen molar-refractivity contribution in [2.75, 3.05) is 0 Å². The summed E-state index contributed by atoms with van der Waals surface area (Å²) in [7, 11) is 0. The van der Waals surface area contributed by atoms with E-state index in [1.807, 2.05) is 6.20 Å². The van der Waals surface area contributed by atoms with Gasteiger partial charge in [-0.25, -0.2) is 0 Å². The van der Waals surface area contributed by atoms with Crippen LogP contribution in [-0.4, -0.2) is 4.98 Å². The van der Waals surface area contributed by atoms with Gasteiger partial charge >= 0.3 is 0 Å². The molecule has 0 saturated carbocycles. The lowest BCUT2D eigenvalue weighted by Crippen LogP contribution is -1.95. The third-order valence-corrected chi connectivity index (χ3v) is 2.54. The van der Waals surface area contributed by atoms with Crippen LogP contribution in [0.4, 0.5) is 0 Å². The first-order valence-corrected chi connectivity index (χ1v) is 4.58. The third kappa shape index (κ3) is 1.84. The lowest BCUT2D eigenvalue weighted by molar-refractivity contribution is 0.727. The predicted octanol–water partition coefficient (Wildman–Crippen LogP) is 3.21. The van der Waals surface area contributed by atoms with Gasteiger partial charge in [-0.1, -0.05) is 19.9 Å². The average Bonchev–Trinajstić information content (AvgIpc) is 2.08. The minimum atomic E-state index is 0.636. The molecule has 0 aromatic carbocycles. The van der Waals surface area contributed by atoms with E-state index >= 15 is 0 Å². The van der Waals surface area contributed by atoms with Crippen molar-refractivity contribution in [3.05, 3.63) is 29.1 Å². The number of aromatic nitrogens is 1. The minimum Gasteiger partial charge on any atom is -0.261 e. The van der Waals surface area contributed by atoms with Crippen molar-refractivity contribution in [2.24, 2.45) is 0 Å². The molecule has 1 heteroatoms. The zero-order chi connectivity index (χ0) is 9.14. The molecule has 1 atom stereocenters. The second kappa shape index (κ2) is 3.70. The van der Waals surface area contributed by atoms with Crippen molar-refractivity contribution in [3.8, 4) is 0 Å². The maximum atomic E-state index is 4.35. The Balaban J connectivity index is 2.96. The van der Waals surface area contributed by atoms with E-state index < -0.39 is 0 Å². The highest BCUT2D eigenvalue weighted by Gasteiger charge is 2.03. The summed E-state index contributed by atoms with van der Waals surface area (Å²) in [6, 6.07) is 2.25. The highest BCUT2D eigenvalue weighted by atomic mass is 14.7. The Labute approximate surface area is 74.8 Å². The highest BCUT2D eigenvalue weighted by molar-refractivity contribution is 5.25. The summed E-state index contributed by atoms with van der Waals surface area (Å²) in [4.78, 5) is 4.35. The van der Waals surface area contributed by atoms with Crippen LogP contribution in [0.5, 0.6) is 0 Å². The summed E-state index contributed by atoms with van der Waals surface area (Å²) in [6.45, 7) is 8.62. The van der Waals surface area contributed by atoms with E-state index in [0.717, 1.165) is 5.69 Å². The van der Waals surface area contributed by atoms with Gasteiger partial charge in [0.15, 0.2) is 0 Å². The summed E-state index contributed by atoms with van der Waals surface area (Å²) >= 11 is 0. The molecule has 0 amide bonds. The summed E-state index contributed by atoms with van der Waals surface area (Å²) in [5, 5.41) is 0. The zero-order valence-electron chi connectivity index (χ0n) is 8.39. The van der Waals surface area contributed by atoms with E-state index in [1.165, 1.54) is 17.5 Å². The summed E-state index contributed by atoms with van der Waals surface area (Å²) in [5.41, 5.74) is 3.80. The fraction of sp³-hybridized carbons (Fsp3) is 0.545. The molecular weight excluding hydrogens is 146 g/mol. The molecule has 0 bridgehead atoms. The first-order chi connectivity index (χ1) is 5.65. The zero-order valence-corrected chi connectivity index (χ0v) is 8.39. The lowest BCUT2D eigenvalue weighted by Gasteiger charge is -2.09. The molecule has 0 aliphatic carbocycles. The van der Waals surface area contributed by atoms with Gasteiger partial charge in [-0.3, -0.25) is 4.98 Å². The number of rotatable bonds is 2. The van der Waals surface area contributed by atoms with Crippen LogP contribution < -0.4 is 0 Å². The lowest BCUT2D eigenvalue weighted by atomic mass is 9.99. The molecular formula is C11H17N. The fourth-order valence-electron chi connectivity index (χ4n) is 1.17. The topological polar surface area (TPSA) is 12.9 Å². The fourth-order valence-corrected chi connectivity index (χ4v) is 1.17. The van der Waals surface area contributed by atoms with Crippen LogP contribution in [0.15, 0.2) is 12.3 Å². The van der Waals surface area contributed by atoms with E-state index in [9.17, 15) is 0 Å². The van der Waals surface area contributed by atoms with E-state index in [2.05, 4.69) is 38.7 Å². The summed E-state index contributed by atoms with van der Waals surface area (Å²) in [5.74, 6) is 0.636. The third-order valence-electron chi connectivity index (χ3n) is 2.54. The molecule has 66 valence electrons. The molecule has 1 heterocycles. The predicted molar refractivity (Wildman–Crippen MR) is 52.4 cm³/mol. The molecule has 1 aromatic rings. The molecule has 1 nitrogen and oxygen atoms in total. The summed E-state index contributed by atoms with van der Waals surface area (Å²) in [6.07, 6.45) is 3.18. The first-order valence-electron chi connectivity index (χ1n) is 4.58. The Hall–Kier alpha value is -0.850. The van der Waals surface area contributed by atoms with E-state index in [-0.39, 0.29) is 0 Å². The molecule has 0 saturated heterocycles. The molecule has 0 spiro atoms. The van der Waals surface area contributed by atoms with Gasteiger partial charge < -0.3 is 0 Å². The first kappa shape index (κ1) is 9.24. The van der Waals surface area contributed by atoms with Crippen molar-refractivity contribution in [3.63, 3.8) is 0 Å². The maximum Gasteiger partial charge on any atom is 0.0401 e. The quantitative estimate of drug-likeness (QED) is 0.652. The Kier molecular flexibility index (Phi) is 2.85. The Morgan fingerprint density at radius 2 is 2.08 bits per heavy atom.